The highest BCUT2D eigenvalue weighted by molar-refractivity contribution is 14.1. The number of rotatable bonds is 3. The van der Waals surface area contributed by atoms with E-state index in [1.54, 1.807) is 18.0 Å². The zero-order chi connectivity index (χ0) is 14.0. The molecular formula is C12H14IN5S. The van der Waals surface area contributed by atoms with E-state index in [2.05, 4.69) is 51.4 Å². The summed E-state index contributed by atoms with van der Waals surface area (Å²) in [5, 5.41) is 0. The van der Waals surface area contributed by atoms with Gasteiger partial charge in [0, 0.05) is 17.3 Å². The maximum atomic E-state index is 5.86. The molecule has 0 aliphatic heterocycles. The van der Waals surface area contributed by atoms with Crippen molar-refractivity contribution in [2.24, 2.45) is 0 Å². The average molecular weight is 387 g/mol. The number of halogens is 1. The van der Waals surface area contributed by atoms with Crippen LogP contribution in [0.5, 0.6) is 0 Å². The molecule has 100 valence electrons. The first-order chi connectivity index (χ1) is 8.97. The summed E-state index contributed by atoms with van der Waals surface area (Å²) in [7, 11) is 0. The maximum absolute atomic E-state index is 5.86. The zero-order valence-electron chi connectivity index (χ0n) is 10.6. The van der Waals surface area contributed by atoms with Gasteiger partial charge in [-0.1, -0.05) is 25.6 Å². The van der Waals surface area contributed by atoms with Crippen LogP contribution in [-0.4, -0.2) is 15.0 Å². The minimum absolute atomic E-state index is 0.190. The second-order valence-electron chi connectivity index (χ2n) is 4.28. The van der Waals surface area contributed by atoms with Crippen molar-refractivity contribution in [3.63, 3.8) is 0 Å². The number of nitrogens with two attached hydrogens (primary N) is 2. The van der Waals surface area contributed by atoms with Gasteiger partial charge in [0.2, 0.25) is 5.95 Å². The molecule has 0 aliphatic carbocycles. The lowest BCUT2D eigenvalue weighted by molar-refractivity contribution is 0.829. The van der Waals surface area contributed by atoms with Crippen LogP contribution in [0.1, 0.15) is 25.3 Å². The molecular weight excluding hydrogens is 373 g/mol. The summed E-state index contributed by atoms with van der Waals surface area (Å²) in [6.07, 6.45) is 3.56. The predicted molar refractivity (Wildman–Crippen MR) is 86.0 cm³/mol. The number of nitrogen functional groups attached to an aromatic ring is 2. The van der Waals surface area contributed by atoms with Crippen molar-refractivity contribution in [2.45, 2.75) is 29.6 Å². The molecule has 0 fully saturated rings. The fourth-order valence-corrected chi connectivity index (χ4v) is 3.27. The van der Waals surface area contributed by atoms with Crippen LogP contribution in [0.2, 0.25) is 0 Å². The van der Waals surface area contributed by atoms with Crippen LogP contribution in [0, 0.1) is 3.70 Å². The van der Waals surface area contributed by atoms with Gasteiger partial charge in [-0.2, -0.15) is 4.98 Å². The van der Waals surface area contributed by atoms with Crippen LogP contribution in [0.25, 0.3) is 0 Å². The summed E-state index contributed by atoms with van der Waals surface area (Å²) < 4.78 is 0.944. The first kappa shape index (κ1) is 14.3. The van der Waals surface area contributed by atoms with Crippen molar-refractivity contribution in [1.82, 2.24) is 15.0 Å². The number of hydrogen-bond donors (Lipinski definition) is 2. The molecule has 0 aromatic carbocycles. The van der Waals surface area contributed by atoms with E-state index in [4.69, 9.17) is 11.5 Å². The summed E-state index contributed by atoms with van der Waals surface area (Å²) in [5.74, 6) is 0.984. The van der Waals surface area contributed by atoms with Crippen molar-refractivity contribution in [1.29, 1.82) is 0 Å². The Kier molecular flexibility index (Phi) is 4.46. The highest BCUT2D eigenvalue weighted by Crippen LogP contribution is 2.36. The predicted octanol–water partition coefficient (Wildman–Crippen LogP) is 2.92. The van der Waals surface area contributed by atoms with Crippen molar-refractivity contribution in [3.8, 4) is 0 Å². The second-order valence-corrected chi connectivity index (χ2v) is 6.47. The van der Waals surface area contributed by atoms with E-state index in [-0.39, 0.29) is 5.95 Å². The van der Waals surface area contributed by atoms with Crippen LogP contribution >= 0.6 is 34.4 Å². The van der Waals surface area contributed by atoms with Crippen molar-refractivity contribution in [2.75, 3.05) is 11.5 Å². The van der Waals surface area contributed by atoms with Gasteiger partial charge < -0.3 is 11.5 Å². The Morgan fingerprint density at radius 2 is 1.89 bits per heavy atom. The number of pyridine rings is 1. The molecule has 19 heavy (non-hydrogen) atoms. The van der Waals surface area contributed by atoms with Crippen molar-refractivity contribution >= 4 is 46.1 Å². The van der Waals surface area contributed by atoms with Gasteiger partial charge in [0.15, 0.2) is 0 Å². The third-order valence-corrected chi connectivity index (χ3v) is 4.20. The summed E-state index contributed by atoms with van der Waals surface area (Å²) in [5.41, 5.74) is 12.5. The molecule has 4 N–H and O–H groups in total. The fraction of sp³-hybridized carbons (Fsp3) is 0.250. The van der Waals surface area contributed by atoms with E-state index >= 15 is 0 Å². The molecule has 0 atom stereocenters. The molecule has 2 aromatic heterocycles. The lowest BCUT2D eigenvalue weighted by Gasteiger charge is -2.12. The normalized spacial score (nSPS) is 10.9. The van der Waals surface area contributed by atoms with E-state index in [0.29, 0.717) is 11.7 Å². The minimum atomic E-state index is 0.190. The molecule has 0 unspecified atom stereocenters. The van der Waals surface area contributed by atoms with Crippen LogP contribution in [0.15, 0.2) is 28.3 Å². The highest BCUT2D eigenvalue weighted by Gasteiger charge is 2.12. The molecule has 0 saturated carbocycles. The third-order valence-electron chi connectivity index (χ3n) is 2.51. The molecule has 7 heteroatoms. The molecule has 2 heterocycles. The van der Waals surface area contributed by atoms with Crippen molar-refractivity contribution in [3.05, 3.63) is 27.7 Å². The van der Waals surface area contributed by atoms with Crippen LogP contribution in [-0.2, 0) is 0 Å². The molecule has 0 aliphatic rings. The molecule has 0 spiro atoms. The Labute approximate surface area is 129 Å². The monoisotopic (exact) mass is 387 g/mol. The van der Waals surface area contributed by atoms with Crippen LogP contribution in [0.4, 0.5) is 11.8 Å². The Balaban J connectivity index is 2.39. The van der Waals surface area contributed by atoms with E-state index < -0.39 is 0 Å². The number of anilines is 2. The topological polar surface area (TPSA) is 90.7 Å². The molecule has 5 nitrogen and oxygen atoms in total. The first-order valence-electron chi connectivity index (χ1n) is 5.68. The number of aromatic nitrogens is 3. The smallest absolute Gasteiger partial charge is 0.221 e. The molecule has 2 rings (SSSR count). The van der Waals surface area contributed by atoms with Gasteiger partial charge >= 0.3 is 0 Å². The standard InChI is InChI=1S/C12H14IN5S/c1-6(2)7-4-16-10(13)3-8(7)19-9-5-17-12(15)18-11(9)14/h3-6H,1-2H3,(H4,14,15,17,18). The average Bonchev–Trinajstić information content (AvgIpc) is 2.32. The largest absolute Gasteiger partial charge is 0.383 e. The maximum Gasteiger partial charge on any atom is 0.221 e. The lowest BCUT2D eigenvalue weighted by atomic mass is 10.1. The molecule has 0 amide bonds. The molecule has 0 saturated heterocycles. The quantitative estimate of drug-likeness (QED) is 0.622. The Morgan fingerprint density at radius 1 is 1.16 bits per heavy atom. The number of hydrogen-bond acceptors (Lipinski definition) is 6. The molecule has 0 bridgehead atoms. The van der Waals surface area contributed by atoms with Gasteiger partial charge in [0.25, 0.3) is 0 Å². The molecule has 0 radical (unpaired) electrons. The third kappa shape index (κ3) is 3.47. The van der Waals surface area contributed by atoms with Crippen LogP contribution in [0.3, 0.4) is 0 Å². The van der Waals surface area contributed by atoms with Gasteiger partial charge in [-0.25, -0.2) is 9.97 Å². The Morgan fingerprint density at radius 3 is 2.53 bits per heavy atom. The van der Waals surface area contributed by atoms with E-state index in [0.717, 1.165) is 13.5 Å². The van der Waals surface area contributed by atoms with Gasteiger partial charge in [-0.15, -0.1) is 0 Å². The lowest BCUT2D eigenvalue weighted by Crippen LogP contribution is -2.01. The van der Waals surface area contributed by atoms with Crippen LogP contribution < -0.4 is 11.5 Å². The molecule has 2 aromatic rings. The zero-order valence-corrected chi connectivity index (χ0v) is 13.6. The van der Waals surface area contributed by atoms with Gasteiger partial charge in [-0.3, -0.25) is 0 Å². The van der Waals surface area contributed by atoms with E-state index in [1.807, 2.05) is 12.3 Å². The summed E-state index contributed by atoms with van der Waals surface area (Å²) >= 11 is 3.74. The van der Waals surface area contributed by atoms with Gasteiger partial charge in [-0.05, 0) is 40.1 Å². The van der Waals surface area contributed by atoms with Gasteiger partial charge in [0.05, 0.1) is 4.90 Å². The summed E-state index contributed by atoms with van der Waals surface area (Å²) in [6.45, 7) is 4.27. The van der Waals surface area contributed by atoms with Crippen molar-refractivity contribution < 1.29 is 0 Å². The Hall–Kier alpha value is -1.09. The minimum Gasteiger partial charge on any atom is -0.383 e. The SMILES string of the molecule is CC(C)c1cnc(I)cc1Sc1cnc(N)nc1N. The van der Waals surface area contributed by atoms with E-state index in [9.17, 15) is 0 Å². The number of nitrogens with zero attached hydrogens (tertiary/aromatic N) is 3. The summed E-state index contributed by atoms with van der Waals surface area (Å²) in [6, 6.07) is 2.04. The van der Waals surface area contributed by atoms with Gasteiger partial charge in [0.1, 0.15) is 9.52 Å². The Bertz CT molecular complexity index is 603. The highest BCUT2D eigenvalue weighted by atomic mass is 127. The summed E-state index contributed by atoms with van der Waals surface area (Å²) in [4.78, 5) is 14.2. The fourth-order valence-electron chi connectivity index (χ4n) is 1.54. The second kappa shape index (κ2) is 5.91. The first-order valence-corrected chi connectivity index (χ1v) is 7.58. The van der Waals surface area contributed by atoms with E-state index in [1.165, 1.54) is 5.56 Å².